The highest BCUT2D eigenvalue weighted by molar-refractivity contribution is 5.98. The molecule has 0 saturated heterocycles. The molecule has 0 aliphatic carbocycles. The number of allylic oxidation sites excluding steroid dienone is 1. The molecule has 5 heteroatoms. The Labute approximate surface area is 112 Å². The number of hydrazine groups is 1. The van der Waals surface area contributed by atoms with Crippen LogP contribution in [0.3, 0.4) is 0 Å². The predicted molar refractivity (Wildman–Crippen MR) is 72.7 cm³/mol. The van der Waals surface area contributed by atoms with Crippen molar-refractivity contribution in [3.8, 4) is 5.75 Å². The van der Waals surface area contributed by atoms with Crippen LogP contribution in [0.2, 0.25) is 0 Å². The second-order valence-corrected chi connectivity index (χ2v) is 3.81. The SMILES string of the molecule is C/C=C(\CC)C(=O)NNC(=O)c1cccc(OC)c1. The van der Waals surface area contributed by atoms with Crippen LogP contribution in [0, 0.1) is 0 Å². The average Bonchev–Trinajstić information content (AvgIpc) is 2.46. The zero-order valence-corrected chi connectivity index (χ0v) is 11.3. The highest BCUT2D eigenvalue weighted by Crippen LogP contribution is 2.12. The standard InChI is InChI=1S/C14H18N2O3/c1-4-10(5-2)13(17)15-16-14(18)11-7-6-8-12(9-11)19-3/h4,6-9H,5H2,1-3H3,(H,15,17)(H,16,18)/b10-4+. The Morgan fingerprint density at radius 2 is 2.05 bits per heavy atom. The Kier molecular flexibility index (Phi) is 5.60. The van der Waals surface area contributed by atoms with E-state index in [2.05, 4.69) is 10.9 Å². The molecule has 0 aliphatic heterocycles. The number of amides is 2. The van der Waals surface area contributed by atoms with E-state index in [-0.39, 0.29) is 11.8 Å². The van der Waals surface area contributed by atoms with E-state index in [1.54, 1.807) is 37.3 Å². The number of nitrogens with one attached hydrogen (secondary N) is 2. The summed E-state index contributed by atoms with van der Waals surface area (Å²) < 4.78 is 5.03. The van der Waals surface area contributed by atoms with Crippen molar-refractivity contribution < 1.29 is 14.3 Å². The fraction of sp³-hybridized carbons (Fsp3) is 0.286. The fourth-order valence-electron chi connectivity index (χ4n) is 1.53. The topological polar surface area (TPSA) is 67.4 Å². The predicted octanol–water partition coefficient (Wildman–Crippen LogP) is 1.81. The molecule has 102 valence electrons. The van der Waals surface area contributed by atoms with Gasteiger partial charge < -0.3 is 4.74 Å². The molecular weight excluding hydrogens is 244 g/mol. The largest absolute Gasteiger partial charge is 0.497 e. The van der Waals surface area contributed by atoms with E-state index in [1.807, 2.05) is 6.92 Å². The molecular formula is C14H18N2O3. The summed E-state index contributed by atoms with van der Waals surface area (Å²) in [6, 6.07) is 6.68. The number of hydrogen-bond donors (Lipinski definition) is 2. The Hall–Kier alpha value is -2.30. The number of rotatable bonds is 4. The van der Waals surface area contributed by atoms with Gasteiger partial charge in [-0.25, -0.2) is 0 Å². The van der Waals surface area contributed by atoms with Gasteiger partial charge in [0.1, 0.15) is 5.75 Å². The summed E-state index contributed by atoms with van der Waals surface area (Å²) in [5, 5.41) is 0. The molecule has 5 nitrogen and oxygen atoms in total. The van der Waals surface area contributed by atoms with Crippen molar-refractivity contribution in [2.75, 3.05) is 7.11 Å². The first kappa shape index (κ1) is 14.8. The molecule has 0 heterocycles. The van der Waals surface area contributed by atoms with E-state index in [1.165, 1.54) is 7.11 Å². The van der Waals surface area contributed by atoms with Gasteiger partial charge in [0.25, 0.3) is 11.8 Å². The van der Waals surface area contributed by atoms with Gasteiger partial charge in [0.2, 0.25) is 0 Å². The van der Waals surface area contributed by atoms with E-state index in [4.69, 9.17) is 4.74 Å². The van der Waals surface area contributed by atoms with E-state index < -0.39 is 0 Å². The van der Waals surface area contributed by atoms with Crippen LogP contribution < -0.4 is 15.6 Å². The van der Waals surface area contributed by atoms with Gasteiger partial charge in [-0.1, -0.05) is 19.1 Å². The minimum Gasteiger partial charge on any atom is -0.497 e. The molecule has 2 N–H and O–H groups in total. The third kappa shape index (κ3) is 4.13. The van der Waals surface area contributed by atoms with Crippen LogP contribution in [0.25, 0.3) is 0 Å². The zero-order valence-electron chi connectivity index (χ0n) is 11.3. The van der Waals surface area contributed by atoms with Crippen molar-refractivity contribution in [1.82, 2.24) is 10.9 Å². The number of carbonyl (C=O) groups is 2. The van der Waals surface area contributed by atoms with Gasteiger partial charge in [-0.2, -0.15) is 0 Å². The first-order chi connectivity index (χ1) is 9.12. The van der Waals surface area contributed by atoms with Gasteiger partial charge in [-0.05, 0) is 31.5 Å². The lowest BCUT2D eigenvalue weighted by molar-refractivity contribution is -0.118. The van der Waals surface area contributed by atoms with E-state index in [0.717, 1.165) is 0 Å². The molecule has 0 spiro atoms. The van der Waals surface area contributed by atoms with Crippen LogP contribution in [0.1, 0.15) is 30.6 Å². The van der Waals surface area contributed by atoms with Gasteiger partial charge in [0.05, 0.1) is 7.11 Å². The third-order valence-electron chi connectivity index (χ3n) is 2.64. The minimum atomic E-state index is -0.390. The molecule has 0 aromatic heterocycles. The van der Waals surface area contributed by atoms with E-state index in [9.17, 15) is 9.59 Å². The van der Waals surface area contributed by atoms with Crippen LogP contribution in [0.4, 0.5) is 0 Å². The molecule has 1 aromatic carbocycles. The summed E-state index contributed by atoms with van der Waals surface area (Å²) in [5.41, 5.74) is 5.77. The van der Waals surface area contributed by atoms with Crippen LogP contribution in [0.15, 0.2) is 35.9 Å². The lowest BCUT2D eigenvalue weighted by Gasteiger charge is -2.09. The average molecular weight is 262 g/mol. The quantitative estimate of drug-likeness (QED) is 0.642. The third-order valence-corrected chi connectivity index (χ3v) is 2.64. The molecule has 0 fully saturated rings. The zero-order chi connectivity index (χ0) is 14.3. The highest BCUT2D eigenvalue weighted by atomic mass is 16.5. The molecule has 0 bridgehead atoms. The molecule has 0 saturated carbocycles. The summed E-state index contributed by atoms with van der Waals surface area (Å²) in [5.74, 6) is -0.110. The number of ether oxygens (including phenoxy) is 1. The fourth-order valence-corrected chi connectivity index (χ4v) is 1.53. The maximum atomic E-state index is 11.8. The second-order valence-electron chi connectivity index (χ2n) is 3.81. The van der Waals surface area contributed by atoms with Gasteiger partial charge >= 0.3 is 0 Å². The monoisotopic (exact) mass is 262 g/mol. The van der Waals surface area contributed by atoms with Crippen molar-refractivity contribution >= 4 is 11.8 Å². The van der Waals surface area contributed by atoms with Gasteiger partial charge in [-0.3, -0.25) is 20.4 Å². The van der Waals surface area contributed by atoms with Gasteiger partial charge in [-0.15, -0.1) is 0 Å². The van der Waals surface area contributed by atoms with Crippen molar-refractivity contribution in [2.45, 2.75) is 20.3 Å². The van der Waals surface area contributed by atoms with E-state index in [0.29, 0.717) is 23.3 Å². The normalized spacial score (nSPS) is 10.8. The summed E-state index contributed by atoms with van der Waals surface area (Å²) >= 11 is 0. The Balaban J connectivity index is 2.63. The molecule has 1 aromatic rings. The van der Waals surface area contributed by atoms with Gasteiger partial charge in [0.15, 0.2) is 0 Å². The summed E-state index contributed by atoms with van der Waals surface area (Å²) in [4.78, 5) is 23.5. The van der Waals surface area contributed by atoms with Gasteiger partial charge in [0, 0.05) is 11.1 Å². The number of benzene rings is 1. The van der Waals surface area contributed by atoms with E-state index >= 15 is 0 Å². The van der Waals surface area contributed by atoms with Crippen LogP contribution >= 0.6 is 0 Å². The first-order valence-electron chi connectivity index (χ1n) is 6.02. The van der Waals surface area contributed by atoms with Crippen molar-refractivity contribution in [3.63, 3.8) is 0 Å². The first-order valence-corrected chi connectivity index (χ1v) is 6.02. The highest BCUT2D eigenvalue weighted by Gasteiger charge is 2.10. The Morgan fingerprint density at radius 1 is 1.32 bits per heavy atom. The summed E-state index contributed by atoms with van der Waals surface area (Å²) in [6.45, 7) is 3.65. The molecule has 0 unspecified atom stereocenters. The second kappa shape index (κ2) is 7.20. The van der Waals surface area contributed by atoms with Crippen LogP contribution in [-0.2, 0) is 4.79 Å². The summed E-state index contributed by atoms with van der Waals surface area (Å²) in [7, 11) is 1.53. The smallest absolute Gasteiger partial charge is 0.269 e. The van der Waals surface area contributed by atoms with Crippen molar-refractivity contribution in [3.05, 3.63) is 41.5 Å². The number of methoxy groups -OCH3 is 1. The molecule has 19 heavy (non-hydrogen) atoms. The lowest BCUT2D eigenvalue weighted by Crippen LogP contribution is -2.42. The Morgan fingerprint density at radius 3 is 2.63 bits per heavy atom. The van der Waals surface area contributed by atoms with Crippen molar-refractivity contribution in [1.29, 1.82) is 0 Å². The maximum Gasteiger partial charge on any atom is 0.269 e. The molecule has 0 radical (unpaired) electrons. The molecule has 0 aliphatic rings. The van der Waals surface area contributed by atoms with Crippen molar-refractivity contribution in [2.24, 2.45) is 0 Å². The summed E-state index contributed by atoms with van der Waals surface area (Å²) in [6.07, 6.45) is 2.32. The Bertz CT molecular complexity index is 495. The molecule has 1 rings (SSSR count). The van der Waals surface area contributed by atoms with Crippen LogP contribution in [-0.4, -0.2) is 18.9 Å². The van der Waals surface area contributed by atoms with Crippen LogP contribution in [0.5, 0.6) is 5.75 Å². The minimum absolute atomic E-state index is 0.304. The number of hydrogen-bond acceptors (Lipinski definition) is 3. The lowest BCUT2D eigenvalue weighted by atomic mass is 10.2. The maximum absolute atomic E-state index is 11.8. The number of carbonyl (C=O) groups excluding carboxylic acids is 2. The molecule has 0 atom stereocenters. The molecule has 2 amide bonds.